The molecule has 0 radical (unpaired) electrons. The average Bonchev–Trinajstić information content (AvgIpc) is 2.47. The quantitative estimate of drug-likeness (QED) is 0.891. The van der Waals surface area contributed by atoms with Gasteiger partial charge in [-0.2, -0.15) is 0 Å². The topological polar surface area (TPSA) is 54.0 Å². The van der Waals surface area contributed by atoms with E-state index in [1.165, 1.54) is 5.56 Å². The van der Waals surface area contributed by atoms with Crippen molar-refractivity contribution in [2.45, 2.75) is 12.8 Å². The lowest BCUT2D eigenvalue weighted by atomic mass is 10.0. The number of halogens is 1. The number of anilines is 2. The third-order valence-electron chi connectivity index (χ3n) is 3.27. The van der Waals surface area contributed by atoms with Crippen LogP contribution in [0.4, 0.5) is 11.5 Å². The molecule has 0 unspecified atom stereocenters. The summed E-state index contributed by atoms with van der Waals surface area (Å²) in [6.07, 6.45) is 3.65. The summed E-state index contributed by atoms with van der Waals surface area (Å²) < 4.78 is 0. The Labute approximate surface area is 122 Å². The molecule has 1 aromatic heterocycles. The zero-order valence-electron chi connectivity index (χ0n) is 10.8. The predicted octanol–water partition coefficient (Wildman–Crippen LogP) is 3.35. The zero-order chi connectivity index (χ0) is 13.9. The van der Waals surface area contributed by atoms with Crippen LogP contribution < -0.4 is 10.6 Å². The van der Waals surface area contributed by atoms with Crippen molar-refractivity contribution in [2.75, 3.05) is 17.2 Å². The molecular weight excluding hydrogens is 274 g/mol. The number of hydrogen-bond donors (Lipinski definition) is 2. The van der Waals surface area contributed by atoms with E-state index in [0.29, 0.717) is 16.4 Å². The molecule has 1 aromatic carbocycles. The maximum Gasteiger partial charge on any atom is 0.256 e. The van der Waals surface area contributed by atoms with Crippen LogP contribution in [0, 0.1) is 0 Å². The van der Waals surface area contributed by atoms with Gasteiger partial charge >= 0.3 is 0 Å². The Morgan fingerprint density at radius 1 is 1.30 bits per heavy atom. The van der Waals surface area contributed by atoms with Crippen LogP contribution in [0.3, 0.4) is 0 Å². The van der Waals surface area contributed by atoms with Crippen molar-refractivity contribution in [2.24, 2.45) is 0 Å². The molecule has 1 aliphatic rings. The Balaban J connectivity index is 1.80. The molecule has 0 spiro atoms. The zero-order valence-corrected chi connectivity index (χ0v) is 11.6. The molecule has 0 bridgehead atoms. The van der Waals surface area contributed by atoms with Gasteiger partial charge in [-0.25, -0.2) is 4.98 Å². The van der Waals surface area contributed by atoms with Crippen molar-refractivity contribution >= 4 is 29.0 Å². The molecule has 0 saturated carbocycles. The first-order chi connectivity index (χ1) is 9.72. The molecule has 2 heterocycles. The lowest BCUT2D eigenvalue weighted by molar-refractivity contribution is 0.102. The fourth-order valence-electron chi connectivity index (χ4n) is 2.28. The first-order valence-electron chi connectivity index (χ1n) is 6.52. The summed E-state index contributed by atoms with van der Waals surface area (Å²) >= 11 is 5.87. The number of amides is 1. The molecule has 1 amide bonds. The molecular formula is C15H14ClN3O. The summed E-state index contributed by atoms with van der Waals surface area (Å²) in [6.45, 7) is 0.991. The molecule has 3 rings (SSSR count). The van der Waals surface area contributed by atoms with Crippen molar-refractivity contribution < 1.29 is 4.79 Å². The minimum atomic E-state index is -0.173. The van der Waals surface area contributed by atoms with E-state index in [4.69, 9.17) is 11.6 Å². The summed E-state index contributed by atoms with van der Waals surface area (Å²) in [7, 11) is 0. The number of aryl methyl sites for hydroxylation is 1. The fraction of sp³-hybridized carbons (Fsp3) is 0.200. The summed E-state index contributed by atoms with van der Waals surface area (Å²) in [5, 5.41) is 6.62. The predicted molar refractivity (Wildman–Crippen MR) is 80.5 cm³/mol. The Kier molecular flexibility index (Phi) is 3.56. The van der Waals surface area contributed by atoms with Crippen LogP contribution in [-0.2, 0) is 6.42 Å². The van der Waals surface area contributed by atoms with Gasteiger partial charge in [0.15, 0.2) is 0 Å². The number of benzene rings is 1. The van der Waals surface area contributed by atoms with Crippen LogP contribution in [0.25, 0.3) is 0 Å². The third kappa shape index (κ3) is 2.75. The third-order valence-corrected chi connectivity index (χ3v) is 3.50. The molecule has 0 atom stereocenters. The van der Waals surface area contributed by atoms with E-state index in [1.54, 1.807) is 18.3 Å². The highest BCUT2D eigenvalue weighted by atomic mass is 35.5. The smallest absolute Gasteiger partial charge is 0.256 e. The van der Waals surface area contributed by atoms with E-state index in [-0.39, 0.29) is 5.91 Å². The maximum atomic E-state index is 12.2. The van der Waals surface area contributed by atoms with Gasteiger partial charge in [0, 0.05) is 29.0 Å². The van der Waals surface area contributed by atoms with Gasteiger partial charge < -0.3 is 10.6 Å². The normalized spacial score (nSPS) is 13.2. The van der Waals surface area contributed by atoms with Gasteiger partial charge in [0.25, 0.3) is 5.91 Å². The van der Waals surface area contributed by atoms with Crippen molar-refractivity contribution in [3.05, 3.63) is 52.7 Å². The van der Waals surface area contributed by atoms with Gasteiger partial charge in [0.2, 0.25) is 0 Å². The van der Waals surface area contributed by atoms with Crippen LogP contribution in [0.2, 0.25) is 5.02 Å². The summed E-state index contributed by atoms with van der Waals surface area (Å²) in [4.78, 5) is 16.3. The number of carbonyl (C=O) groups excluding carboxylic acids is 1. The second kappa shape index (κ2) is 5.51. The van der Waals surface area contributed by atoms with Gasteiger partial charge in [-0.05, 0) is 48.7 Å². The minimum absolute atomic E-state index is 0.173. The Morgan fingerprint density at radius 2 is 2.20 bits per heavy atom. The van der Waals surface area contributed by atoms with Crippen molar-refractivity contribution in [3.63, 3.8) is 0 Å². The highest BCUT2D eigenvalue weighted by Gasteiger charge is 2.13. The second-order valence-electron chi connectivity index (χ2n) is 4.72. The number of rotatable bonds is 2. The maximum absolute atomic E-state index is 12.2. The molecule has 4 nitrogen and oxygen atoms in total. The van der Waals surface area contributed by atoms with E-state index >= 15 is 0 Å². The van der Waals surface area contributed by atoms with E-state index in [2.05, 4.69) is 15.6 Å². The molecule has 0 aliphatic carbocycles. The van der Waals surface area contributed by atoms with Crippen LogP contribution in [-0.4, -0.2) is 17.4 Å². The summed E-state index contributed by atoms with van der Waals surface area (Å²) in [5.41, 5.74) is 2.94. The van der Waals surface area contributed by atoms with E-state index in [1.807, 2.05) is 18.2 Å². The van der Waals surface area contributed by atoms with Crippen molar-refractivity contribution in [3.8, 4) is 0 Å². The van der Waals surface area contributed by atoms with Gasteiger partial charge in [0.05, 0.1) is 0 Å². The fourth-order valence-corrected chi connectivity index (χ4v) is 2.44. The molecule has 5 heteroatoms. The van der Waals surface area contributed by atoms with Crippen LogP contribution in [0.15, 0.2) is 36.5 Å². The van der Waals surface area contributed by atoms with E-state index in [0.717, 1.165) is 25.1 Å². The number of fused-ring (bicyclic) bond motifs is 1. The molecule has 2 aromatic rings. The molecule has 0 saturated heterocycles. The molecule has 0 fully saturated rings. The van der Waals surface area contributed by atoms with Crippen molar-refractivity contribution in [1.82, 2.24) is 4.98 Å². The average molecular weight is 288 g/mol. The lowest BCUT2D eigenvalue weighted by Gasteiger charge is -2.18. The number of nitrogens with one attached hydrogen (secondary N) is 2. The number of nitrogens with zero attached hydrogens (tertiary/aromatic N) is 1. The van der Waals surface area contributed by atoms with Gasteiger partial charge in [0.1, 0.15) is 5.82 Å². The number of pyridine rings is 1. The highest BCUT2D eigenvalue weighted by Crippen LogP contribution is 2.23. The van der Waals surface area contributed by atoms with E-state index in [9.17, 15) is 4.79 Å². The molecule has 1 aliphatic heterocycles. The van der Waals surface area contributed by atoms with Gasteiger partial charge in [-0.15, -0.1) is 0 Å². The Morgan fingerprint density at radius 3 is 3.05 bits per heavy atom. The first kappa shape index (κ1) is 12.9. The van der Waals surface area contributed by atoms with Crippen molar-refractivity contribution in [1.29, 1.82) is 0 Å². The van der Waals surface area contributed by atoms with Crippen LogP contribution in [0.5, 0.6) is 0 Å². The van der Waals surface area contributed by atoms with Gasteiger partial charge in [-0.3, -0.25) is 4.79 Å². The first-order valence-corrected chi connectivity index (χ1v) is 6.90. The van der Waals surface area contributed by atoms with Crippen LogP contribution >= 0.6 is 11.6 Å². The molecule has 2 N–H and O–H groups in total. The SMILES string of the molecule is O=C(Nc1cc(Cl)ccn1)c1ccc2c(c1)CCCN2. The highest BCUT2D eigenvalue weighted by molar-refractivity contribution is 6.30. The van der Waals surface area contributed by atoms with Crippen LogP contribution in [0.1, 0.15) is 22.3 Å². The standard InChI is InChI=1S/C15H14ClN3O/c16-12-5-7-18-14(9-12)19-15(20)11-3-4-13-10(8-11)2-1-6-17-13/h3-5,7-9,17H,1-2,6H2,(H,18,19,20). The number of carbonyl (C=O) groups is 1. The summed E-state index contributed by atoms with van der Waals surface area (Å²) in [5.74, 6) is 0.284. The largest absolute Gasteiger partial charge is 0.385 e. The minimum Gasteiger partial charge on any atom is -0.385 e. The lowest BCUT2D eigenvalue weighted by Crippen LogP contribution is -2.16. The second-order valence-corrected chi connectivity index (χ2v) is 5.15. The number of hydrogen-bond acceptors (Lipinski definition) is 3. The Bertz CT molecular complexity index is 657. The monoisotopic (exact) mass is 287 g/mol. The van der Waals surface area contributed by atoms with E-state index < -0.39 is 0 Å². The number of aromatic nitrogens is 1. The Hall–Kier alpha value is -2.07. The molecule has 102 valence electrons. The van der Waals surface area contributed by atoms with Gasteiger partial charge in [-0.1, -0.05) is 11.6 Å². The molecule has 20 heavy (non-hydrogen) atoms. The summed E-state index contributed by atoms with van der Waals surface area (Å²) in [6, 6.07) is 8.99.